The minimum absolute atomic E-state index is 0.306. The average molecular weight is 264 g/mol. The quantitative estimate of drug-likeness (QED) is 0.438. The molecule has 18 heavy (non-hydrogen) atoms. The van der Waals surface area contributed by atoms with Gasteiger partial charge in [0, 0.05) is 5.69 Å². The molecule has 0 unspecified atom stereocenters. The summed E-state index contributed by atoms with van der Waals surface area (Å²) in [4.78, 5) is 10.5. The predicted molar refractivity (Wildman–Crippen MR) is 77.6 cm³/mol. The molecule has 0 atom stereocenters. The fourth-order valence-corrected chi connectivity index (χ4v) is 1.58. The maximum atomic E-state index is 10.5. The van der Waals surface area contributed by atoms with E-state index in [9.17, 15) is 4.79 Å². The van der Waals surface area contributed by atoms with Crippen molar-refractivity contribution in [1.82, 2.24) is 5.43 Å². The van der Waals surface area contributed by atoms with E-state index >= 15 is 0 Å². The molecule has 0 aliphatic heterocycles. The summed E-state index contributed by atoms with van der Waals surface area (Å²) >= 11 is 5.05. The van der Waals surface area contributed by atoms with Crippen LogP contribution in [0.2, 0.25) is 0 Å². The number of carbonyl (C=O) groups is 1. The van der Waals surface area contributed by atoms with Crippen LogP contribution in [0.5, 0.6) is 0 Å². The highest BCUT2D eigenvalue weighted by molar-refractivity contribution is 7.80. The molecule has 0 aliphatic rings. The fourth-order valence-electron chi connectivity index (χ4n) is 1.42. The number of rotatable bonds is 4. The highest BCUT2D eigenvalue weighted by Crippen LogP contribution is 2.23. The summed E-state index contributed by atoms with van der Waals surface area (Å²) in [5.74, 6) is -0.251. The van der Waals surface area contributed by atoms with Gasteiger partial charge < -0.3 is 11.1 Å². The van der Waals surface area contributed by atoms with E-state index in [4.69, 9.17) is 18.0 Å². The highest BCUT2D eigenvalue weighted by Gasteiger charge is 2.06. The van der Waals surface area contributed by atoms with Crippen molar-refractivity contribution >= 4 is 35.1 Å². The van der Waals surface area contributed by atoms with Crippen LogP contribution in [0.1, 0.15) is 25.3 Å². The lowest BCUT2D eigenvalue weighted by Crippen LogP contribution is -2.26. The number of hydrogen-bond acceptors (Lipinski definition) is 3. The van der Waals surface area contributed by atoms with Crippen LogP contribution in [0.3, 0.4) is 0 Å². The molecule has 0 spiro atoms. The van der Waals surface area contributed by atoms with Gasteiger partial charge in [0.05, 0.1) is 0 Å². The minimum Gasteiger partial charge on any atom is -0.365 e. The Balaban J connectivity index is 2.67. The third-order valence-electron chi connectivity index (χ3n) is 2.19. The Morgan fingerprint density at radius 2 is 2.11 bits per heavy atom. The number of hydrazone groups is 1. The molecule has 0 aromatic heterocycles. The second-order valence-corrected chi connectivity index (χ2v) is 4.38. The summed E-state index contributed by atoms with van der Waals surface area (Å²) in [5.41, 5.74) is 9.49. The smallest absolute Gasteiger partial charge is 0.261 e. The van der Waals surface area contributed by atoms with E-state index in [2.05, 4.69) is 29.7 Å². The van der Waals surface area contributed by atoms with Crippen molar-refractivity contribution in [1.29, 1.82) is 0 Å². The number of nitrogens with one attached hydrogen (secondary N) is 2. The van der Waals surface area contributed by atoms with E-state index in [1.807, 2.05) is 24.3 Å². The maximum absolute atomic E-state index is 10.5. The van der Waals surface area contributed by atoms with Crippen LogP contribution in [0.4, 0.5) is 5.69 Å². The lowest BCUT2D eigenvalue weighted by Gasteiger charge is -2.14. The van der Waals surface area contributed by atoms with Gasteiger partial charge in [-0.15, -0.1) is 0 Å². The standard InChI is InChI=1S/C12H16N4OS/c1-8(2)9-5-3-4-6-10(9)15-12(18)16-14-7-11(13)17/h3-8H,1-2H3,(H2,13,17)(H2,15,16,18)/b14-7+. The third-order valence-corrected chi connectivity index (χ3v) is 2.38. The lowest BCUT2D eigenvalue weighted by atomic mass is 10.0. The number of nitrogens with two attached hydrogens (primary N) is 1. The van der Waals surface area contributed by atoms with Gasteiger partial charge in [0.15, 0.2) is 5.11 Å². The highest BCUT2D eigenvalue weighted by atomic mass is 32.1. The number of nitrogens with zero attached hydrogens (tertiary/aromatic N) is 1. The first-order valence-electron chi connectivity index (χ1n) is 5.49. The Hall–Kier alpha value is -1.95. The zero-order valence-corrected chi connectivity index (χ0v) is 11.1. The van der Waals surface area contributed by atoms with Gasteiger partial charge in [0.1, 0.15) is 6.21 Å². The SMILES string of the molecule is CC(C)c1ccccc1NC(=S)N/N=C/C(N)=O. The molecule has 6 heteroatoms. The largest absolute Gasteiger partial charge is 0.365 e. The third kappa shape index (κ3) is 4.50. The molecule has 4 N–H and O–H groups in total. The zero-order chi connectivity index (χ0) is 13.5. The predicted octanol–water partition coefficient (Wildman–Crippen LogP) is 1.57. The molecule has 0 bridgehead atoms. The van der Waals surface area contributed by atoms with Crippen molar-refractivity contribution in [3.05, 3.63) is 29.8 Å². The summed E-state index contributed by atoms with van der Waals surface area (Å²) < 4.78 is 0. The number of benzene rings is 1. The van der Waals surface area contributed by atoms with Crippen LogP contribution < -0.4 is 16.5 Å². The molecule has 0 saturated carbocycles. The van der Waals surface area contributed by atoms with Gasteiger partial charge in [-0.05, 0) is 29.8 Å². The Labute approximate surface area is 111 Å². The molecule has 0 radical (unpaired) electrons. The van der Waals surface area contributed by atoms with Crippen molar-refractivity contribution in [2.45, 2.75) is 19.8 Å². The summed E-state index contributed by atoms with van der Waals surface area (Å²) in [6, 6.07) is 7.86. The second kappa shape index (κ2) is 6.70. The molecule has 0 heterocycles. The van der Waals surface area contributed by atoms with Crippen molar-refractivity contribution in [3.8, 4) is 0 Å². The Morgan fingerprint density at radius 3 is 2.72 bits per heavy atom. The number of para-hydroxylation sites is 1. The number of carbonyl (C=O) groups excluding carboxylic acids is 1. The van der Waals surface area contributed by atoms with Gasteiger partial charge in [0.25, 0.3) is 5.91 Å². The summed E-state index contributed by atoms with van der Waals surface area (Å²) in [6.07, 6.45) is 0.961. The molecular formula is C12H16N4OS. The minimum atomic E-state index is -0.632. The van der Waals surface area contributed by atoms with Gasteiger partial charge in [-0.1, -0.05) is 32.0 Å². The molecule has 1 aromatic rings. The Morgan fingerprint density at radius 1 is 1.44 bits per heavy atom. The van der Waals surface area contributed by atoms with Gasteiger partial charge in [-0.2, -0.15) is 5.10 Å². The van der Waals surface area contributed by atoms with Crippen LogP contribution >= 0.6 is 12.2 Å². The summed E-state index contributed by atoms with van der Waals surface area (Å²) in [7, 11) is 0. The first-order valence-corrected chi connectivity index (χ1v) is 5.90. The molecule has 0 saturated heterocycles. The van der Waals surface area contributed by atoms with Crippen molar-refractivity contribution in [3.63, 3.8) is 0 Å². The molecule has 1 aromatic carbocycles. The van der Waals surface area contributed by atoms with Crippen molar-refractivity contribution < 1.29 is 4.79 Å². The number of primary amides is 1. The second-order valence-electron chi connectivity index (χ2n) is 3.97. The molecule has 1 rings (SSSR count). The number of thiocarbonyl (C=S) groups is 1. The average Bonchev–Trinajstić information content (AvgIpc) is 2.28. The summed E-state index contributed by atoms with van der Waals surface area (Å²) in [6.45, 7) is 4.20. The van der Waals surface area contributed by atoms with E-state index < -0.39 is 5.91 Å². The Kier molecular flexibility index (Phi) is 5.26. The maximum Gasteiger partial charge on any atom is 0.261 e. The Bertz CT molecular complexity index is 471. The van der Waals surface area contributed by atoms with Gasteiger partial charge in [-0.3, -0.25) is 10.2 Å². The van der Waals surface area contributed by atoms with Gasteiger partial charge in [0.2, 0.25) is 0 Å². The van der Waals surface area contributed by atoms with E-state index in [-0.39, 0.29) is 0 Å². The first kappa shape index (κ1) is 14.1. The lowest BCUT2D eigenvalue weighted by molar-refractivity contribution is -0.111. The van der Waals surface area contributed by atoms with E-state index in [0.29, 0.717) is 11.0 Å². The van der Waals surface area contributed by atoms with E-state index in [1.165, 1.54) is 0 Å². The fraction of sp³-hybridized carbons (Fsp3) is 0.250. The molecule has 5 nitrogen and oxygen atoms in total. The van der Waals surface area contributed by atoms with Gasteiger partial charge >= 0.3 is 0 Å². The first-order chi connectivity index (χ1) is 8.50. The van der Waals surface area contributed by atoms with Crippen molar-refractivity contribution in [2.24, 2.45) is 10.8 Å². The van der Waals surface area contributed by atoms with E-state index in [0.717, 1.165) is 17.5 Å². The van der Waals surface area contributed by atoms with Gasteiger partial charge in [-0.25, -0.2) is 0 Å². The number of hydrogen-bond donors (Lipinski definition) is 3. The zero-order valence-electron chi connectivity index (χ0n) is 10.3. The van der Waals surface area contributed by atoms with Crippen LogP contribution in [0.15, 0.2) is 29.4 Å². The van der Waals surface area contributed by atoms with Crippen LogP contribution in [0, 0.1) is 0 Å². The molecule has 0 aliphatic carbocycles. The number of amides is 1. The molecular weight excluding hydrogens is 248 g/mol. The van der Waals surface area contributed by atoms with Crippen molar-refractivity contribution in [2.75, 3.05) is 5.32 Å². The van der Waals surface area contributed by atoms with Crippen LogP contribution in [-0.4, -0.2) is 17.2 Å². The molecule has 96 valence electrons. The van der Waals surface area contributed by atoms with E-state index in [1.54, 1.807) is 0 Å². The van der Waals surface area contributed by atoms with Crippen LogP contribution in [-0.2, 0) is 4.79 Å². The topological polar surface area (TPSA) is 79.5 Å². The summed E-state index contributed by atoms with van der Waals surface area (Å²) in [5, 5.41) is 6.91. The monoisotopic (exact) mass is 264 g/mol. The normalized spacial score (nSPS) is 10.6. The van der Waals surface area contributed by atoms with Crippen LogP contribution in [0.25, 0.3) is 0 Å². The molecule has 1 amide bonds. The molecule has 0 fully saturated rings. The number of anilines is 1.